The second kappa shape index (κ2) is 7.87. The first kappa shape index (κ1) is 17.7. The molecular weight excluding hydrogens is 379 g/mol. The average molecular weight is 393 g/mol. The fourth-order valence-electron chi connectivity index (χ4n) is 2.24. The van der Waals surface area contributed by atoms with E-state index in [2.05, 4.69) is 10.3 Å². The molecule has 0 spiro atoms. The number of carbonyl (C=O) groups is 1. The van der Waals surface area contributed by atoms with Crippen LogP contribution >= 0.6 is 34.5 Å². The summed E-state index contributed by atoms with van der Waals surface area (Å²) < 4.78 is 5.14. The van der Waals surface area contributed by atoms with Gasteiger partial charge in [0.15, 0.2) is 5.13 Å². The summed E-state index contributed by atoms with van der Waals surface area (Å²) in [6, 6.07) is 12.6. The summed E-state index contributed by atoms with van der Waals surface area (Å²) in [5.74, 6) is 0.480. The van der Waals surface area contributed by atoms with E-state index in [0.717, 1.165) is 16.8 Å². The van der Waals surface area contributed by atoms with Gasteiger partial charge < -0.3 is 10.1 Å². The van der Waals surface area contributed by atoms with Gasteiger partial charge in [-0.2, -0.15) is 0 Å². The van der Waals surface area contributed by atoms with E-state index in [1.165, 1.54) is 11.3 Å². The zero-order valence-electron chi connectivity index (χ0n) is 13.3. The number of rotatable bonds is 5. The first-order valence-electron chi connectivity index (χ1n) is 7.39. The van der Waals surface area contributed by atoms with Gasteiger partial charge >= 0.3 is 0 Å². The van der Waals surface area contributed by atoms with Gasteiger partial charge in [-0.3, -0.25) is 4.79 Å². The molecule has 0 bridgehead atoms. The van der Waals surface area contributed by atoms with Crippen molar-refractivity contribution in [1.29, 1.82) is 0 Å². The number of hydrogen-bond acceptors (Lipinski definition) is 4. The van der Waals surface area contributed by atoms with E-state index in [9.17, 15) is 4.79 Å². The number of anilines is 1. The lowest BCUT2D eigenvalue weighted by Crippen LogP contribution is -2.14. The van der Waals surface area contributed by atoms with Gasteiger partial charge in [0.25, 0.3) is 0 Å². The summed E-state index contributed by atoms with van der Waals surface area (Å²) in [6.07, 6.45) is 0.264. The summed E-state index contributed by atoms with van der Waals surface area (Å²) in [5, 5.41) is 6.38. The number of nitrogens with zero attached hydrogens (tertiary/aromatic N) is 1. The molecule has 0 unspecified atom stereocenters. The fourth-order valence-corrected chi connectivity index (χ4v) is 3.36. The van der Waals surface area contributed by atoms with Gasteiger partial charge in [0.05, 0.1) is 24.2 Å². The molecule has 0 aliphatic carbocycles. The Labute approximate surface area is 159 Å². The first-order chi connectivity index (χ1) is 12.0. The molecule has 0 aliphatic rings. The number of thiazole rings is 1. The van der Waals surface area contributed by atoms with E-state index >= 15 is 0 Å². The molecule has 0 aliphatic heterocycles. The maximum atomic E-state index is 12.1. The second-order valence-electron chi connectivity index (χ2n) is 5.24. The number of hydrogen-bond donors (Lipinski definition) is 1. The predicted octanol–water partition coefficient (Wildman–Crippen LogP) is 5.31. The van der Waals surface area contributed by atoms with Crippen molar-refractivity contribution in [3.8, 4) is 17.0 Å². The minimum atomic E-state index is -0.129. The Morgan fingerprint density at radius 2 is 1.96 bits per heavy atom. The SMILES string of the molecule is COc1ccc(-c2csc(NC(=O)Cc3ccc(Cl)cc3)n2)cc1Cl. The lowest BCUT2D eigenvalue weighted by molar-refractivity contribution is -0.115. The van der Waals surface area contributed by atoms with Gasteiger partial charge in [-0.15, -0.1) is 11.3 Å². The van der Waals surface area contributed by atoms with Crippen LogP contribution in [0.15, 0.2) is 47.8 Å². The lowest BCUT2D eigenvalue weighted by Gasteiger charge is -2.04. The van der Waals surface area contributed by atoms with Crippen LogP contribution < -0.4 is 10.1 Å². The number of halogens is 2. The van der Waals surface area contributed by atoms with Crippen molar-refractivity contribution in [2.75, 3.05) is 12.4 Å². The van der Waals surface area contributed by atoms with Crippen LogP contribution in [0.3, 0.4) is 0 Å². The molecule has 1 amide bonds. The number of carbonyl (C=O) groups excluding carboxylic acids is 1. The number of methoxy groups -OCH3 is 1. The summed E-state index contributed by atoms with van der Waals surface area (Å²) in [6.45, 7) is 0. The molecule has 0 saturated carbocycles. The van der Waals surface area contributed by atoms with E-state index in [1.54, 1.807) is 31.4 Å². The smallest absolute Gasteiger partial charge is 0.230 e. The maximum absolute atomic E-state index is 12.1. The van der Waals surface area contributed by atoms with Crippen LogP contribution in [0.1, 0.15) is 5.56 Å². The monoisotopic (exact) mass is 392 g/mol. The molecule has 0 atom stereocenters. The Balaban J connectivity index is 1.68. The van der Waals surface area contributed by atoms with Gasteiger partial charge in [-0.05, 0) is 35.9 Å². The van der Waals surface area contributed by atoms with Gasteiger partial charge in [-0.1, -0.05) is 35.3 Å². The number of ether oxygens (including phenoxy) is 1. The van der Waals surface area contributed by atoms with Crippen molar-refractivity contribution in [2.45, 2.75) is 6.42 Å². The van der Waals surface area contributed by atoms with Crippen LogP contribution in [0.5, 0.6) is 5.75 Å². The summed E-state index contributed by atoms with van der Waals surface area (Å²) in [4.78, 5) is 16.6. The molecule has 1 aromatic heterocycles. The maximum Gasteiger partial charge on any atom is 0.230 e. The van der Waals surface area contributed by atoms with Crippen LogP contribution in [0.4, 0.5) is 5.13 Å². The van der Waals surface area contributed by atoms with Crippen molar-refractivity contribution in [1.82, 2.24) is 4.98 Å². The van der Waals surface area contributed by atoms with Gasteiger partial charge in [0.2, 0.25) is 5.91 Å². The van der Waals surface area contributed by atoms with Gasteiger partial charge in [0.1, 0.15) is 5.75 Å². The minimum absolute atomic E-state index is 0.129. The highest BCUT2D eigenvalue weighted by Gasteiger charge is 2.10. The quantitative estimate of drug-likeness (QED) is 0.640. The number of benzene rings is 2. The van der Waals surface area contributed by atoms with E-state index in [0.29, 0.717) is 20.9 Å². The summed E-state index contributed by atoms with van der Waals surface area (Å²) >= 11 is 13.3. The molecule has 25 heavy (non-hydrogen) atoms. The number of amides is 1. The van der Waals surface area contributed by atoms with Crippen molar-refractivity contribution in [3.63, 3.8) is 0 Å². The Morgan fingerprint density at radius 1 is 1.20 bits per heavy atom. The van der Waals surface area contributed by atoms with Crippen LogP contribution in [-0.2, 0) is 11.2 Å². The third kappa shape index (κ3) is 4.51. The number of aromatic nitrogens is 1. The van der Waals surface area contributed by atoms with E-state index in [4.69, 9.17) is 27.9 Å². The standard InChI is InChI=1S/C18H14Cl2N2O2S/c1-24-16-7-4-12(9-14(16)20)15-10-25-18(21-15)22-17(23)8-11-2-5-13(19)6-3-11/h2-7,9-10H,8H2,1H3,(H,21,22,23). The predicted molar refractivity (Wildman–Crippen MR) is 103 cm³/mol. The van der Waals surface area contributed by atoms with E-state index in [1.807, 2.05) is 23.6 Å². The second-order valence-corrected chi connectivity index (χ2v) is 6.94. The van der Waals surface area contributed by atoms with Crippen molar-refractivity contribution >= 4 is 45.6 Å². The van der Waals surface area contributed by atoms with E-state index < -0.39 is 0 Å². The fraction of sp³-hybridized carbons (Fsp3) is 0.111. The molecular formula is C18H14Cl2N2O2S. The highest BCUT2D eigenvalue weighted by molar-refractivity contribution is 7.14. The minimum Gasteiger partial charge on any atom is -0.495 e. The molecule has 0 saturated heterocycles. The zero-order chi connectivity index (χ0) is 17.8. The Hall–Kier alpha value is -2.08. The molecule has 0 fully saturated rings. The third-order valence-corrected chi connectivity index (χ3v) is 4.78. The van der Waals surface area contributed by atoms with Gasteiger partial charge in [-0.25, -0.2) is 4.98 Å². The molecule has 3 rings (SSSR count). The van der Waals surface area contributed by atoms with Crippen LogP contribution in [0, 0.1) is 0 Å². The molecule has 1 heterocycles. The Kier molecular flexibility index (Phi) is 5.58. The topological polar surface area (TPSA) is 51.2 Å². The van der Waals surface area contributed by atoms with Crippen molar-refractivity contribution < 1.29 is 9.53 Å². The largest absolute Gasteiger partial charge is 0.495 e. The highest BCUT2D eigenvalue weighted by Crippen LogP contribution is 2.31. The normalized spacial score (nSPS) is 10.5. The lowest BCUT2D eigenvalue weighted by atomic mass is 10.1. The van der Waals surface area contributed by atoms with Crippen LogP contribution in [0.2, 0.25) is 10.0 Å². The molecule has 4 nitrogen and oxygen atoms in total. The Bertz CT molecular complexity index is 894. The van der Waals surface area contributed by atoms with Crippen molar-refractivity contribution in [2.24, 2.45) is 0 Å². The molecule has 7 heteroatoms. The molecule has 1 N–H and O–H groups in total. The summed E-state index contributed by atoms with van der Waals surface area (Å²) in [5.41, 5.74) is 2.50. The molecule has 128 valence electrons. The van der Waals surface area contributed by atoms with Crippen LogP contribution in [0.25, 0.3) is 11.3 Å². The zero-order valence-corrected chi connectivity index (χ0v) is 15.6. The molecule has 2 aromatic carbocycles. The third-order valence-electron chi connectivity index (χ3n) is 3.48. The van der Waals surface area contributed by atoms with Crippen LogP contribution in [-0.4, -0.2) is 18.0 Å². The highest BCUT2D eigenvalue weighted by atomic mass is 35.5. The van der Waals surface area contributed by atoms with Crippen molar-refractivity contribution in [3.05, 3.63) is 63.5 Å². The first-order valence-corrected chi connectivity index (χ1v) is 9.02. The average Bonchev–Trinajstić information content (AvgIpc) is 3.05. The Morgan fingerprint density at radius 3 is 2.64 bits per heavy atom. The summed E-state index contributed by atoms with van der Waals surface area (Å²) in [7, 11) is 1.57. The molecule has 0 radical (unpaired) electrons. The molecule has 3 aromatic rings. The number of nitrogens with one attached hydrogen (secondary N) is 1. The van der Waals surface area contributed by atoms with E-state index in [-0.39, 0.29) is 12.3 Å². The van der Waals surface area contributed by atoms with Gasteiger partial charge in [0, 0.05) is 16.0 Å².